The number of carbonyl (C=O) groups excluding carboxylic acids is 2. The first-order chi connectivity index (χ1) is 8.04. The molecule has 4 heteroatoms. The molecule has 1 rings (SSSR count). The van der Waals surface area contributed by atoms with E-state index in [1.54, 1.807) is 31.2 Å². The lowest BCUT2D eigenvalue weighted by Gasteiger charge is -2.10. The summed E-state index contributed by atoms with van der Waals surface area (Å²) >= 11 is 0. The van der Waals surface area contributed by atoms with Gasteiger partial charge in [-0.25, -0.2) is 0 Å². The van der Waals surface area contributed by atoms with E-state index in [4.69, 9.17) is 10.5 Å². The van der Waals surface area contributed by atoms with Crippen molar-refractivity contribution >= 4 is 11.8 Å². The van der Waals surface area contributed by atoms with E-state index in [0.29, 0.717) is 18.6 Å². The maximum absolute atomic E-state index is 11.3. The van der Waals surface area contributed by atoms with Gasteiger partial charge < -0.3 is 10.5 Å². The molecule has 0 saturated carbocycles. The SMILES string of the molecule is CCOC(=O)C(N)Cc1ccc(C(C)=O)cc1. The van der Waals surface area contributed by atoms with E-state index in [-0.39, 0.29) is 5.78 Å². The number of carbonyl (C=O) groups is 2. The second kappa shape index (κ2) is 6.15. The summed E-state index contributed by atoms with van der Waals surface area (Å²) in [4.78, 5) is 22.4. The van der Waals surface area contributed by atoms with Crippen LogP contribution in [0.25, 0.3) is 0 Å². The van der Waals surface area contributed by atoms with Gasteiger partial charge in [-0.2, -0.15) is 0 Å². The summed E-state index contributed by atoms with van der Waals surface area (Å²) < 4.78 is 4.82. The molecule has 0 radical (unpaired) electrons. The van der Waals surface area contributed by atoms with Crippen LogP contribution >= 0.6 is 0 Å². The Balaban J connectivity index is 2.63. The van der Waals surface area contributed by atoms with Crippen molar-refractivity contribution in [2.75, 3.05) is 6.61 Å². The van der Waals surface area contributed by atoms with E-state index >= 15 is 0 Å². The van der Waals surface area contributed by atoms with Crippen molar-refractivity contribution in [1.29, 1.82) is 0 Å². The first-order valence-corrected chi connectivity index (χ1v) is 5.56. The summed E-state index contributed by atoms with van der Waals surface area (Å²) in [7, 11) is 0. The minimum absolute atomic E-state index is 0.0197. The van der Waals surface area contributed by atoms with Crippen LogP contribution in [0.4, 0.5) is 0 Å². The molecular weight excluding hydrogens is 218 g/mol. The predicted octanol–water partition coefficient (Wildman–Crippen LogP) is 1.32. The van der Waals surface area contributed by atoms with E-state index < -0.39 is 12.0 Å². The molecule has 2 N–H and O–H groups in total. The zero-order valence-corrected chi connectivity index (χ0v) is 10.1. The fourth-order valence-electron chi connectivity index (χ4n) is 1.46. The lowest BCUT2D eigenvalue weighted by Crippen LogP contribution is -2.34. The van der Waals surface area contributed by atoms with Crippen LogP contribution in [0.1, 0.15) is 29.8 Å². The molecule has 4 nitrogen and oxygen atoms in total. The number of Topliss-reactive ketones (excluding diaryl/α,β-unsaturated/α-hetero) is 1. The summed E-state index contributed by atoms with van der Waals surface area (Å²) in [5.74, 6) is -0.380. The van der Waals surface area contributed by atoms with Gasteiger partial charge in [0.2, 0.25) is 0 Å². The summed E-state index contributed by atoms with van der Waals surface area (Å²) in [5, 5.41) is 0. The fourth-order valence-corrected chi connectivity index (χ4v) is 1.46. The maximum atomic E-state index is 11.3. The lowest BCUT2D eigenvalue weighted by molar-refractivity contribution is -0.144. The van der Waals surface area contributed by atoms with Gasteiger partial charge in [-0.3, -0.25) is 9.59 Å². The van der Waals surface area contributed by atoms with E-state index in [1.807, 2.05) is 0 Å². The summed E-state index contributed by atoms with van der Waals surface area (Å²) in [5.41, 5.74) is 7.26. The van der Waals surface area contributed by atoms with E-state index in [9.17, 15) is 9.59 Å². The molecule has 0 spiro atoms. The molecule has 0 aliphatic heterocycles. The average molecular weight is 235 g/mol. The molecule has 0 aliphatic rings. The van der Waals surface area contributed by atoms with E-state index in [0.717, 1.165) is 5.56 Å². The Bertz CT molecular complexity index is 398. The first kappa shape index (κ1) is 13.4. The Kier molecular flexibility index (Phi) is 4.84. The van der Waals surface area contributed by atoms with Gasteiger partial charge in [-0.05, 0) is 25.8 Å². The second-order valence-electron chi connectivity index (χ2n) is 3.82. The Morgan fingerprint density at radius 1 is 1.29 bits per heavy atom. The highest BCUT2D eigenvalue weighted by molar-refractivity contribution is 5.94. The predicted molar refractivity (Wildman–Crippen MR) is 64.8 cm³/mol. The molecule has 1 atom stereocenters. The highest BCUT2D eigenvalue weighted by atomic mass is 16.5. The van der Waals surface area contributed by atoms with Crippen LogP contribution in [0, 0.1) is 0 Å². The van der Waals surface area contributed by atoms with Gasteiger partial charge in [-0.1, -0.05) is 24.3 Å². The Labute approximate surface area is 101 Å². The van der Waals surface area contributed by atoms with Crippen LogP contribution in [-0.4, -0.2) is 24.4 Å². The molecule has 0 aliphatic carbocycles. The quantitative estimate of drug-likeness (QED) is 0.617. The van der Waals surface area contributed by atoms with E-state index in [1.165, 1.54) is 6.92 Å². The molecule has 1 aromatic rings. The van der Waals surface area contributed by atoms with Crippen molar-refractivity contribution in [2.24, 2.45) is 5.73 Å². The van der Waals surface area contributed by atoms with Crippen molar-refractivity contribution in [1.82, 2.24) is 0 Å². The number of ketones is 1. The Morgan fingerprint density at radius 2 is 1.88 bits per heavy atom. The maximum Gasteiger partial charge on any atom is 0.323 e. The van der Waals surface area contributed by atoms with Crippen LogP contribution in [0.2, 0.25) is 0 Å². The molecule has 92 valence electrons. The third-order valence-corrected chi connectivity index (χ3v) is 2.41. The molecule has 0 amide bonds. The fraction of sp³-hybridized carbons (Fsp3) is 0.385. The zero-order valence-electron chi connectivity index (χ0n) is 10.1. The van der Waals surface area contributed by atoms with Crippen LogP contribution < -0.4 is 5.73 Å². The highest BCUT2D eigenvalue weighted by Gasteiger charge is 2.14. The van der Waals surface area contributed by atoms with Crippen molar-refractivity contribution in [3.63, 3.8) is 0 Å². The third kappa shape index (κ3) is 4.00. The standard InChI is InChI=1S/C13H17NO3/c1-3-17-13(16)12(14)8-10-4-6-11(7-5-10)9(2)15/h4-7,12H,3,8,14H2,1-2H3. The van der Waals surface area contributed by atoms with Gasteiger partial charge in [0.25, 0.3) is 0 Å². The molecular formula is C13H17NO3. The van der Waals surface area contributed by atoms with Gasteiger partial charge >= 0.3 is 5.97 Å². The van der Waals surface area contributed by atoms with Crippen LogP contribution in [-0.2, 0) is 16.0 Å². The lowest BCUT2D eigenvalue weighted by atomic mass is 10.0. The average Bonchev–Trinajstić information content (AvgIpc) is 2.30. The molecule has 0 bridgehead atoms. The Hall–Kier alpha value is -1.68. The van der Waals surface area contributed by atoms with Gasteiger partial charge in [0.05, 0.1) is 6.61 Å². The van der Waals surface area contributed by atoms with Crippen molar-refractivity contribution in [2.45, 2.75) is 26.3 Å². The van der Waals surface area contributed by atoms with Crippen LogP contribution in [0.15, 0.2) is 24.3 Å². The molecule has 0 aromatic heterocycles. The smallest absolute Gasteiger partial charge is 0.323 e. The molecule has 17 heavy (non-hydrogen) atoms. The second-order valence-corrected chi connectivity index (χ2v) is 3.82. The first-order valence-electron chi connectivity index (χ1n) is 5.56. The molecule has 0 fully saturated rings. The van der Waals surface area contributed by atoms with Crippen molar-refractivity contribution in [3.05, 3.63) is 35.4 Å². The van der Waals surface area contributed by atoms with Crippen molar-refractivity contribution < 1.29 is 14.3 Å². The normalized spacial score (nSPS) is 11.9. The van der Waals surface area contributed by atoms with Gasteiger partial charge in [0, 0.05) is 5.56 Å². The van der Waals surface area contributed by atoms with Crippen molar-refractivity contribution in [3.8, 4) is 0 Å². The number of hydrogen-bond acceptors (Lipinski definition) is 4. The summed E-state index contributed by atoms with van der Waals surface area (Å²) in [6.07, 6.45) is 0.414. The third-order valence-electron chi connectivity index (χ3n) is 2.41. The number of hydrogen-bond donors (Lipinski definition) is 1. The number of esters is 1. The number of nitrogens with two attached hydrogens (primary N) is 1. The summed E-state index contributed by atoms with van der Waals surface area (Å²) in [6.45, 7) is 3.58. The minimum Gasteiger partial charge on any atom is -0.465 e. The molecule has 1 aromatic carbocycles. The van der Waals surface area contributed by atoms with Crippen LogP contribution in [0.3, 0.4) is 0 Å². The van der Waals surface area contributed by atoms with Gasteiger partial charge in [0.1, 0.15) is 6.04 Å². The molecule has 0 saturated heterocycles. The molecule has 1 unspecified atom stereocenters. The number of rotatable bonds is 5. The molecule has 0 heterocycles. The van der Waals surface area contributed by atoms with Gasteiger partial charge in [-0.15, -0.1) is 0 Å². The Morgan fingerprint density at radius 3 is 2.35 bits per heavy atom. The topological polar surface area (TPSA) is 69.4 Å². The largest absolute Gasteiger partial charge is 0.465 e. The number of ether oxygens (including phenoxy) is 1. The van der Waals surface area contributed by atoms with E-state index in [2.05, 4.69) is 0 Å². The zero-order chi connectivity index (χ0) is 12.8. The monoisotopic (exact) mass is 235 g/mol. The van der Waals surface area contributed by atoms with Crippen LogP contribution in [0.5, 0.6) is 0 Å². The number of benzene rings is 1. The highest BCUT2D eigenvalue weighted by Crippen LogP contribution is 2.07. The van der Waals surface area contributed by atoms with Gasteiger partial charge in [0.15, 0.2) is 5.78 Å². The minimum atomic E-state index is -0.655. The summed E-state index contributed by atoms with van der Waals surface area (Å²) in [6, 6.07) is 6.41.